The maximum atomic E-state index is 10.6. The fourth-order valence-corrected chi connectivity index (χ4v) is 4.99. The summed E-state index contributed by atoms with van der Waals surface area (Å²) in [4.78, 5) is 5.47. The monoisotopic (exact) mass is 481 g/mol. The molecule has 5 rings (SSSR count). The molecule has 11 heteroatoms. The summed E-state index contributed by atoms with van der Waals surface area (Å²) in [5.74, 6) is -2.59. The fraction of sp³-hybridized carbons (Fsp3) is 0.696. The summed E-state index contributed by atoms with van der Waals surface area (Å²) in [6.07, 6.45) is -7.85. The highest BCUT2D eigenvalue weighted by Gasteiger charge is 2.62. The molecule has 34 heavy (non-hydrogen) atoms. The van der Waals surface area contributed by atoms with Crippen LogP contribution in [0.25, 0.3) is 0 Å². The van der Waals surface area contributed by atoms with E-state index in [1.807, 2.05) is 44.2 Å². The molecule has 4 heterocycles. The lowest BCUT2D eigenvalue weighted by Gasteiger charge is -2.44. The Morgan fingerprint density at radius 2 is 1.74 bits per heavy atom. The lowest BCUT2D eigenvalue weighted by Crippen LogP contribution is -2.65. The third-order valence-corrected chi connectivity index (χ3v) is 6.65. The first-order valence-electron chi connectivity index (χ1n) is 11.4. The number of oxime groups is 1. The Hall–Kier alpha value is -1.67. The summed E-state index contributed by atoms with van der Waals surface area (Å²) < 4.78 is 30.0. The highest BCUT2D eigenvalue weighted by molar-refractivity contribution is 5.91. The molecule has 3 saturated heterocycles. The van der Waals surface area contributed by atoms with E-state index in [2.05, 4.69) is 5.16 Å². The molecule has 0 radical (unpaired) electrons. The second-order valence-electron chi connectivity index (χ2n) is 9.59. The highest BCUT2D eigenvalue weighted by Crippen LogP contribution is 2.44. The summed E-state index contributed by atoms with van der Waals surface area (Å²) in [7, 11) is 0. The van der Waals surface area contributed by atoms with Gasteiger partial charge in [0.05, 0.1) is 32.0 Å². The predicted molar refractivity (Wildman–Crippen MR) is 114 cm³/mol. The van der Waals surface area contributed by atoms with E-state index >= 15 is 0 Å². The number of benzene rings is 1. The predicted octanol–water partition coefficient (Wildman–Crippen LogP) is -0.563. The van der Waals surface area contributed by atoms with E-state index in [1.165, 1.54) is 0 Å². The van der Waals surface area contributed by atoms with Gasteiger partial charge in [0.1, 0.15) is 42.7 Å². The molecule has 11 nitrogen and oxygen atoms in total. The Labute approximate surface area is 196 Å². The van der Waals surface area contributed by atoms with Crippen LogP contribution >= 0.6 is 0 Å². The lowest BCUT2D eigenvalue weighted by molar-refractivity contribution is -0.355. The van der Waals surface area contributed by atoms with Crippen molar-refractivity contribution in [2.75, 3.05) is 13.2 Å². The zero-order valence-corrected chi connectivity index (χ0v) is 19.0. The number of aliphatic hydroxyl groups is 4. The molecule has 0 amide bonds. The van der Waals surface area contributed by atoms with Gasteiger partial charge < -0.3 is 48.9 Å². The van der Waals surface area contributed by atoms with E-state index in [4.69, 9.17) is 28.5 Å². The van der Waals surface area contributed by atoms with Gasteiger partial charge in [-0.2, -0.15) is 0 Å². The molecule has 4 N–H and O–H groups in total. The Bertz CT molecular complexity index is 895. The molecule has 0 unspecified atom stereocenters. The van der Waals surface area contributed by atoms with Gasteiger partial charge >= 0.3 is 0 Å². The number of nitrogens with zero attached hydrogens (tertiary/aromatic N) is 1. The molecule has 1 spiro atoms. The van der Waals surface area contributed by atoms with Crippen LogP contribution in [-0.2, 0) is 35.1 Å². The summed E-state index contributed by atoms with van der Waals surface area (Å²) >= 11 is 0. The van der Waals surface area contributed by atoms with Crippen molar-refractivity contribution in [3.8, 4) is 0 Å². The van der Waals surface area contributed by atoms with Crippen LogP contribution in [-0.4, -0.2) is 99.8 Å². The van der Waals surface area contributed by atoms with Gasteiger partial charge in [-0.15, -0.1) is 0 Å². The zero-order chi connectivity index (χ0) is 24.1. The van der Waals surface area contributed by atoms with Gasteiger partial charge in [0.25, 0.3) is 5.79 Å². The van der Waals surface area contributed by atoms with Crippen molar-refractivity contribution in [3.05, 3.63) is 35.9 Å². The Balaban J connectivity index is 1.28. The normalized spacial score (nSPS) is 43.1. The molecular formula is C23H31NO10. The molecule has 0 aliphatic carbocycles. The quantitative estimate of drug-likeness (QED) is 0.416. The summed E-state index contributed by atoms with van der Waals surface area (Å²) in [6.45, 7) is 3.75. The van der Waals surface area contributed by atoms with Crippen molar-refractivity contribution in [2.45, 2.75) is 87.3 Å². The topological polar surface area (TPSA) is 149 Å². The van der Waals surface area contributed by atoms with Crippen LogP contribution < -0.4 is 0 Å². The van der Waals surface area contributed by atoms with Crippen molar-refractivity contribution in [2.24, 2.45) is 5.16 Å². The molecule has 1 aromatic rings. The van der Waals surface area contributed by atoms with E-state index in [0.29, 0.717) is 12.3 Å². The standard InChI is InChI=1S/C23H31NO10/c1-22(2)32-19-15(11-29-10-12-6-4-3-5-7-12)30-18(20(19)33-22)13-8-23(34-24-13)21(28)17(27)16(26)14(9-25)31-23/h3-7,14-21,25-28H,8-11H2,1-2H3/t14-,15+,16+,17+,18+,19-,20+,21-,23+/m1/s1. The number of aliphatic hydroxyl groups excluding tert-OH is 4. The van der Waals surface area contributed by atoms with Gasteiger partial charge in [0.2, 0.25) is 0 Å². The van der Waals surface area contributed by atoms with Crippen LogP contribution in [0.2, 0.25) is 0 Å². The summed E-state index contributed by atoms with van der Waals surface area (Å²) in [5, 5.41) is 44.5. The smallest absolute Gasteiger partial charge is 0.271 e. The average Bonchev–Trinajstić information content (AvgIpc) is 3.48. The number of hydrogen-bond acceptors (Lipinski definition) is 11. The third-order valence-electron chi connectivity index (χ3n) is 6.65. The molecule has 4 aliphatic rings. The van der Waals surface area contributed by atoms with E-state index in [1.54, 1.807) is 0 Å². The SMILES string of the molecule is CC1(C)O[C@@H]2[C@H](O1)[C@H](COCc1ccccc1)O[C@H]2C1=NO[C@]2(C1)O[C@H](CO)[C@H](O)[C@H](O)[C@H]2O. The number of fused-ring (bicyclic) bond motifs is 1. The molecule has 1 aromatic carbocycles. The van der Waals surface area contributed by atoms with Gasteiger partial charge in [-0.1, -0.05) is 35.5 Å². The number of rotatable bonds is 6. The Kier molecular flexibility index (Phi) is 6.42. The van der Waals surface area contributed by atoms with E-state index in [9.17, 15) is 20.4 Å². The highest BCUT2D eigenvalue weighted by atomic mass is 16.8. The van der Waals surface area contributed by atoms with Crippen molar-refractivity contribution < 1.29 is 48.9 Å². The molecule has 0 bridgehead atoms. The van der Waals surface area contributed by atoms with E-state index in [0.717, 1.165) is 5.56 Å². The second-order valence-corrected chi connectivity index (χ2v) is 9.59. The van der Waals surface area contributed by atoms with Crippen LogP contribution in [0, 0.1) is 0 Å². The van der Waals surface area contributed by atoms with Crippen molar-refractivity contribution in [1.82, 2.24) is 0 Å². The Morgan fingerprint density at radius 3 is 2.47 bits per heavy atom. The lowest BCUT2D eigenvalue weighted by atomic mass is 9.88. The van der Waals surface area contributed by atoms with Gasteiger partial charge in [0.15, 0.2) is 11.9 Å². The van der Waals surface area contributed by atoms with Gasteiger partial charge in [-0.05, 0) is 19.4 Å². The number of hydrogen-bond donors (Lipinski definition) is 4. The maximum absolute atomic E-state index is 10.6. The van der Waals surface area contributed by atoms with Crippen molar-refractivity contribution >= 4 is 5.71 Å². The van der Waals surface area contributed by atoms with E-state index in [-0.39, 0.29) is 13.0 Å². The molecule has 0 saturated carbocycles. The van der Waals surface area contributed by atoms with Crippen LogP contribution in [0.5, 0.6) is 0 Å². The van der Waals surface area contributed by atoms with Crippen molar-refractivity contribution in [1.29, 1.82) is 0 Å². The maximum Gasteiger partial charge on any atom is 0.271 e. The molecule has 9 atom stereocenters. The van der Waals surface area contributed by atoms with Gasteiger partial charge in [-0.25, -0.2) is 0 Å². The largest absolute Gasteiger partial charge is 0.394 e. The molecule has 3 fully saturated rings. The Morgan fingerprint density at radius 1 is 1.00 bits per heavy atom. The van der Waals surface area contributed by atoms with Crippen LogP contribution in [0.15, 0.2) is 35.5 Å². The summed E-state index contributed by atoms with van der Waals surface area (Å²) in [6, 6.07) is 9.78. The first-order chi connectivity index (χ1) is 16.2. The first-order valence-corrected chi connectivity index (χ1v) is 11.4. The molecular weight excluding hydrogens is 450 g/mol. The van der Waals surface area contributed by atoms with Crippen molar-refractivity contribution in [3.63, 3.8) is 0 Å². The second kappa shape index (κ2) is 9.08. The van der Waals surface area contributed by atoms with E-state index < -0.39 is 67.0 Å². The fourth-order valence-electron chi connectivity index (χ4n) is 4.99. The van der Waals surface area contributed by atoms with Crippen LogP contribution in [0.4, 0.5) is 0 Å². The van der Waals surface area contributed by atoms with Gasteiger partial charge in [-0.3, -0.25) is 0 Å². The molecule has 0 aromatic heterocycles. The molecule has 4 aliphatic heterocycles. The minimum atomic E-state index is -1.75. The number of ether oxygens (including phenoxy) is 5. The summed E-state index contributed by atoms with van der Waals surface area (Å²) in [5.41, 5.74) is 1.44. The van der Waals surface area contributed by atoms with Gasteiger partial charge in [0, 0.05) is 0 Å². The first kappa shape index (κ1) is 24.0. The minimum Gasteiger partial charge on any atom is -0.394 e. The average molecular weight is 481 g/mol. The molecule has 188 valence electrons. The zero-order valence-electron chi connectivity index (χ0n) is 19.0. The minimum absolute atomic E-state index is 0.0519. The van der Waals surface area contributed by atoms with Crippen LogP contribution in [0.1, 0.15) is 25.8 Å². The van der Waals surface area contributed by atoms with Crippen LogP contribution in [0.3, 0.4) is 0 Å². The third kappa shape index (κ3) is 4.25.